The van der Waals surface area contributed by atoms with Crippen LogP contribution in [0.1, 0.15) is 32.1 Å². The van der Waals surface area contributed by atoms with Crippen LogP contribution in [-0.2, 0) is 14.4 Å². The Labute approximate surface area is 186 Å². The topological polar surface area (TPSA) is 96.5 Å². The van der Waals surface area contributed by atoms with E-state index in [9.17, 15) is 19.2 Å². The minimum atomic E-state index is -0.958. The Kier molecular flexibility index (Phi) is 6.43. The number of para-hydroxylation sites is 2. The number of ether oxygens (including phenoxy) is 2. The summed E-state index contributed by atoms with van der Waals surface area (Å²) in [7, 11) is 1.56. The van der Waals surface area contributed by atoms with Crippen LogP contribution in [0.2, 0.25) is 0 Å². The standard InChI is InChI=1S/C23H27N3O6/c1-24(13-17-15-31-18-9-5-6-10-19(18)32-17)20(27)14-26-22(29)21(28)25(23(26)30)12-11-16-7-3-2-4-8-16/h5-7,9-10,17H,2-4,8,11-15H2,1H3/t17-/m1/s1. The van der Waals surface area contributed by atoms with Crippen LogP contribution in [0.15, 0.2) is 35.9 Å². The lowest BCUT2D eigenvalue weighted by atomic mass is 9.97. The van der Waals surface area contributed by atoms with E-state index in [4.69, 9.17) is 9.47 Å². The van der Waals surface area contributed by atoms with Crippen molar-refractivity contribution in [3.8, 4) is 11.5 Å². The molecule has 0 radical (unpaired) electrons. The minimum absolute atomic E-state index is 0.155. The summed E-state index contributed by atoms with van der Waals surface area (Å²) in [6.07, 6.45) is 6.53. The molecule has 1 aromatic rings. The highest BCUT2D eigenvalue weighted by Gasteiger charge is 2.45. The van der Waals surface area contributed by atoms with E-state index in [0.717, 1.165) is 35.5 Å². The first-order valence-electron chi connectivity index (χ1n) is 10.9. The van der Waals surface area contributed by atoms with Crippen LogP contribution in [0.4, 0.5) is 4.79 Å². The van der Waals surface area contributed by atoms with Gasteiger partial charge in [-0.05, 0) is 44.2 Å². The number of carbonyl (C=O) groups excluding carboxylic acids is 4. The maximum absolute atomic E-state index is 12.7. The van der Waals surface area contributed by atoms with Crippen LogP contribution in [0.5, 0.6) is 11.5 Å². The lowest BCUT2D eigenvalue weighted by Crippen LogP contribution is -2.46. The fourth-order valence-electron chi connectivity index (χ4n) is 4.09. The Bertz CT molecular complexity index is 959. The number of imide groups is 2. The van der Waals surface area contributed by atoms with Crippen LogP contribution in [-0.4, -0.2) is 77.8 Å². The molecule has 0 aromatic heterocycles. The second-order valence-electron chi connectivity index (χ2n) is 8.26. The van der Waals surface area contributed by atoms with E-state index in [1.165, 1.54) is 10.5 Å². The first-order chi connectivity index (χ1) is 15.4. The fourth-order valence-corrected chi connectivity index (χ4v) is 4.09. The molecule has 2 heterocycles. The number of allylic oxidation sites excluding steroid dienone is 1. The molecule has 0 saturated carbocycles. The fraction of sp³-hybridized carbons (Fsp3) is 0.478. The van der Waals surface area contributed by atoms with Crippen LogP contribution < -0.4 is 9.47 Å². The summed E-state index contributed by atoms with van der Waals surface area (Å²) < 4.78 is 11.5. The van der Waals surface area contributed by atoms with Crippen molar-refractivity contribution in [3.05, 3.63) is 35.9 Å². The van der Waals surface area contributed by atoms with Crippen molar-refractivity contribution >= 4 is 23.8 Å². The minimum Gasteiger partial charge on any atom is -0.486 e. The third kappa shape index (κ3) is 4.61. The number of fused-ring (bicyclic) bond motifs is 1. The van der Waals surface area contributed by atoms with Crippen molar-refractivity contribution in [1.29, 1.82) is 0 Å². The van der Waals surface area contributed by atoms with E-state index in [0.29, 0.717) is 17.9 Å². The molecule has 170 valence electrons. The smallest absolute Gasteiger partial charge is 0.334 e. The van der Waals surface area contributed by atoms with Crippen LogP contribution in [0.25, 0.3) is 0 Å². The number of amides is 5. The van der Waals surface area contributed by atoms with Crippen LogP contribution in [0.3, 0.4) is 0 Å². The van der Waals surface area contributed by atoms with Gasteiger partial charge in [0, 0.05) is 13.6 Å². The van der Waals surface area contributed by atoms with Crippen molar-refractivity contribution in [2.45, 2.75) is 38.2 Å². The second-order valence-corrected chi connectivity index (χ2v) is 8.26. The van der Waals surface area contributed by atoms with Gasteiger partial charge in [0.15, 0.2) is 17.6 Å². The van der Waals surface area contributed by atoms with Gasteiger partial charge in [0.25, 0.3) is 0 Å². The average molecular weight is 441 g/mol. The molecule has 1 atom stereocenters. The quantitative estimate of drug-likeness (QED) is 0.365. The molecule has 32 heavy (non-hydrogen) atoms. The van der Waals surface area contributed by atoms with Crippen LogP contribution >= 0.6 is 0 Å². The number of urea groups is 1. The monoisotopic (exact) mass is 441 g/mol. The third-order valence-electron chi connectivity index (χ3n) is 5.94. The van der Waals surface area contributed by atoms with E-state index in [-0.39, 0.29) is 25.8 Å². The van der Waals surface area contributed by atoms with Gasteiger partial charge < -0.3 is 14.4 Å². The summed E-state index contributed by atoms with van der Waals surface area (Å²) in [5.41, 5.74) is 1.20. The highest BCUT2D eigenvalue weighted by molar-refractivity contribution is 6.45. The molecule has 3 aliphatic rings. The van der Waals surface area contributed by atoms with Gasteiger partial charge in [-0.15, -0.1) is 0 Å². The molecule has 1 saturated heterocycles. The molecule has 1 aromatic carbocycles. The highest BCUT2D eigenvalue weighted by atomic mass is 16.6. The second kappa shape index (κ2) is 9.42. The van der Waals surface area contributed by atoms with Gasteiger partial charge in [-0.25, -0.2) is 9.69 Å². The maximum Gasteiger partial charge on any atom is 0.334 e. The molecule has 1 aliphatic carbocycles. The lowest BCUT2D eigenvalue weighted by Gasteiger charge is -2.30. The zero-order valence-corrected chi connectivity index (χ0v) is 18.1. The van der Waals surface area contributed by atoms with Crippen LogP contribution in [0, 0.1) is 0 Å². The largest absolute Gasteiger partial charge is 0.486 e. The number of hydrogen-bond donors (Lipinski definition) is 0. The lowest BCUT2D eigenvalue weighted by molar-refractivity contribution is -0.144. The van der Waals surface area contributed by atoms with Crippen molar-refractivity contribution in [3.63, 3.8) is 0 Å². The normalized spacial score (nSPS) is 20.5. The molecule has 5 amide bonds. The van der Waals surface area contributed by atoms with E-state index in [2.05, 4.69) is 6.08 Å². The first kappa shape index (κ1) is 21.9. The van der Waals surface area contributed by atoms with E-state index in [1.807, 2.05) is 12.1 Å². The molecular formula is C23H27N3O6. The van der Waals surface area contributed by atoms with E-state index < -0.39 is 30.3 Å². The molecule has 0 N–H and O–H groups in total. The number of benzene rings is 1. The van der Waals surface area contributed by atoms with Crippen molar-refractivity contribution in [1.82, 2.24) is 14.7 Å². The Balaban J connectivity index is 1.31. The average Bonchev–Trinajstić information content (AvgIpc) is 3.01. The summed E-state index contributed by atoms with van der Waals surface area (Å²) >= 11 is 0. The van der Waals surface area contributed by atoms with Gasteiger partial charge in [-0.3, -0.25) is 19.3 Å². The SMILES string of the molecule is CN(C[C@@H]1COc2ccccc2O1)C(=O)CN1C(=O)C(=O)N(CCC2=CCCCC2)C1=O. The zero-order valence-electron chi connectivity index (χ0n) is 18.1. The molecule has 0 unspecified atom stereocenters. The number of rotatable bonds is 7. The van der Waals surface area contributed by atoms with Gasteiger partial charge in [0.1, 0.15) is 13.2 Å². The highest BCUT2D eigenvalue weighted by Crippen LogP contribution is 2.31. The van der Waals surface area contributed by atoms with Crippen molar-refractivity contribution in [2.75, 3.05) is 33.3 Å². The van der Waals surface area contributed by atoms with E-state index in [1.54, 1.807) is 19.2 Å². The molecule has 0 bridgehead atoms. The predicted molar refractivity (Wildman–Crippen MR) is 114 cm³/mol. The number of nitrogens with zero attached hydrogens (tertiary/aromatic N) is 3. The summed E-state index contributed by atoms with van der Waals surface area (Å²) in [5, 5.41) is 0. The first-order valence-corrected chi connectivity index (χ1v) is 10.9. The van der Waals surface area contributed by atoms with E-state index >= 15 is 0 Å². The zero-order chi connectivity index (χ0) is 22.7. The molecular weight excluding hydrogens is 414 g/mol. The van der Waals surface area contributed by atoms with Gasteiger partial charge in [0.2, 0.25) is 5.91 Å². The molecule has 9 heteroatoms. The number of hydrogen-bond acceptors (Lipinski definition) is 6. The Hall–Kier alpha value is -3.36. The number of carbonyl (C=O) groups is 4. The van der Waals surface area contributed by atoms with Crippen molar-refractivity contribution < 1.29 is 28.7 Å². The summed E-state index contributed by atoms with van der Waals surface area (Å²) in [6, 6.07) is 6.54. The Morgan fingerprint density at radius 1 is 1.09 bits per heavy atom. The van der Waals surface area contributed by atoms with Gasteiger partial charge in [-0.1, -0.05) is 23.8 Å². The maximum atomic E-state index is 12.7. The van der Waals surface area contributed by atoms with Gasteiger partial charge >= 0.3 is 17.8 Å². The summed E-state index contributed by atoms with van der Waals surface area (Å²) in [4.78, 5) is 53.0. The molecule has 9 nitrogen and oxygen atoms in total. The molecule has 0 spiro atoms. The molecule has 4 rings (SSSR count). The van der Waals surface area contributed by atoms with Gasteiger partial charge in [-0.2, -0.15) is 0 Å². The van der Waals surface area contributed by atoms with Crippen molar-refractivity contribution in [2.24, 2.45) is 0 Å². The van der Waals surface area contributed by atoms with Gasteiger partial charge in [0.05, 0.1) is 6.54 Å². The summed E-state index contributed by atoms with van der Waals surface area (Å²) in [5.74, 6) is -1.04. The third-order valence-corrected chi connectivity index (χ3v) is 5.94. The Morgan fingerprint density at radius 2 is 1.84 bits per heavy atom. The Morgan fingerprint density at radius 3 is 2.59 bits per heavy atom. The summed E-state index contributed by atoms with van der Waals surface area (Å²) in [6.45, 7) is 0.166. The molecule has 2 aliphatic heterocycles. The molecule has 1 fully saturated rings. The predicted octanol–water partition coefficient (Wildman–Crippen LogP) is 1.97. The number of likely N-dealkylation sites (N-methyl/N-ethyl adjacent to an activating group) is 1.